The van der Waals surface area contributed by atoms with E-state index in [2.05, 4.69) is 15.6 Å². The molecule has 1 aromatic carbocycles. The van der Waals surface area contributed by atoms with Gasteiger partial charge in [0.15, 0.2) is 0 Å². The number of hydrogen-bond acceptors (Lipinski definition) is 2. The van der Waals surface area contributed by atoms with Gasteiger partial charge in [0.1, 0.15) is 6.04 Å². The smallest absolute Gasteiger partial charge is 0.243 e. The third-order valence-corrected chi connectivity index (χ3v) is 4.27. The van der Waals surface area contributed by atoms with Gasteiger partial charge in [0.25, 0.3) is 0 Å². The van der Waals surface area contributed by atoms with Gasteiger partial charge in [-0.25, -0.2) is 0 Å². The molecule has 3 N–H and O–H groups in total. The van der Waals surface area contributed by atoms with Gasteiger partial charge < -0.3 is 15.6 Å². The first kappa shape index (κ1) is 16.6. The minimum Gasteiger partial charge on any atom is -0.361 e. The van der Waals surface area contributed by atoms with Crippen molar-refractivity contribution in [2.24, 2.45) is 5.92 Å². The highest BCUT2D eigenvalue weighted by Gasteiger charge is 2.29. The Kier molecular flexibility index (Phi) is 4.88. The summed E-state index contributed by atoms with van der Waals surface area (Å²) in [6.07, 6.45) is 4.92. The van der Waals surface area contributed by atoms with Crippen LogP contribution < -0.4 is 10.6 Å². The highest BCUT2D eigenvalue weighted by atomic mass is 16.2. The molecule has 24 heavy (non-hydrogen) atoms. The number of carbonyl (C=O) groups excluding carboxylic acids is 2. The molecule has 0 bridgehead atoms. The lowest BCUT2D eigenvalue weighted by Crippen LogP contribution is -2.48. The number of para-hydroxylation sites is 1. The normalized spacial score (nSPS) is 15.5. The first-order chi connectivity index (χ1) is 11.5. The number of fused-ring (bicyclic) bond motifs is 1. The van der Waals surface area contributed by atoms with Gasteiger partial charge in [0, 0.05) is 36.0 Å². The third-order valence-electron chi connectivity index (χ3n) is 4.27. The molecule has 128 valence electrons. The van der Waals surface area contributed by atoms with Gasteiger partial charge in [0.05, 0.1) is 0 Å². The average molecular weight is 327 g/mol. The number of carbonyl (C=O) groups is 2. The minimum absolute atomic E-state index is 0.0687. The van der Waals surface area contributed by atoms with Crippen LogP contribution in [0.25, 0.3) is 10.9 Å². The summed E-state index contributed by atoms with van der Waals surface area (Å²) in [7, 11) is 0. The van der Waals surface area contributed by atoms with Gasteiger partial charge in [-0.2, -0.15) is 0 Å². The Labute approximate surface area is 142 Å². The lowest BCUT2D eigenvalue weighted by Gasteiger charge is -2.19. The van der Waals surface area contributed by atoms with E-state index in [9.17, 15) is 9.59 Å². The summed E-state index contributed by atoms with van der Waals surface area (Å²) in [5.41, 5.74) is 2.09. The summed E-state index contributed by atoms with van der Waals surface area (Å²) in [5, 5.41) is 7.03. The third kappa shape index (κ3) is 4.16. The van der Waals surface area contributed by atoms with Crippen LogP contribution in [0.4, 0.5) is 0 Å². The number of H-pyrrole nitrogens is 1. The molecule has 1 fully saturated rings. The van der Waals surface area contributed by atoms with Crippen LogP contribution in [-0.4, -0.2) is 28.9 Å². The monoisotopic (exact) mass is 327 g/mol. The molecule has 1 aliphatic carbocycles. The van der Waals surface area contributed by atoms with E-state index in [1.54, 1.807) is 0 Å². The van der Waals surface area contributed by atoms with Crippen LogP contribution in [0.2, 0.25) is 0 Å². The second-order valence-corrected chi connectivity index (χ2v) is 7.06. The molecule has 1 aromatic heterocycles. The van der Waals surface area contributed by atoms with E-state index < -0.39 is 6.04 Å². The van der Waals surface area contributed by atoms with Crippen LogP contribution >= 0.6 is 0 Å². The van der Waals surface area contributed by atoms with Gasteiger partial charge in [-0.1, -0.05) is 32.0 Å². The molecule has 0 unspecified atom stereocenters. The van der Waals surface area contributed by atoms with E-state index >= 15 is 0 Å². The SMILES string of the molecule is CC(C)CC(=O)N[C@@H](Cc1c[nH]c2ccccc12)C(=O)NC1CC1. The van der Waals surface area contributed by atoms with Crippen LogP contribution in [-0.2, 0) is 16.0 Å². The Morgan fingerprint density at radius 2 is 2.00 bits per heavy atom. The Hall–Kier alpha value is -2.30. The predicted molar refractivity (Wildman–Crippen MR) is 94.6 cm³/mol. The minimum atomic E-state index is -0.531. The van der Waals surface area contributed by atoms with Gasteiger partial charge >= 0.3 is 0 Å². The van der Waals surface area contributed by atoms with Crippen LogP contribution in [0.3, 0.4) is 0 Å². The van der Waals surface area contributed by atoms with Crippen molar-refractivity contribution in [3.05, 3.63) is 36.0 Å². The number of nitrogens with one attached hydrogen (secondary N) is 3. The van der Waals surface area contributed by atoms with Crippen LogP contribution in [0.1, 0.15) is 38.7 Å². The summed E-state index contributed by atoms with van der Waals surface area (Å²) in [4.78, 5) is 27.9. The average Bonchev–Trinajstić information content (AvgIpc) is 3.25. The topological polar surface area (TPSA) is 74.0 Å². The van der Waals surface area contributed by atoms with Gasteiger partial charge in [-0.3, -0.25) is 9.59 Å². The number of aromatic amines is 1. The highest BCUT2D eigenvalue weighted by molar-refractivity contribution is 5.89. The standard InChI is InChI=1S/C19H25N3O2/c1-12(2)9-18(23)22-17(19(24)21-14-7-8-14)10-13-11-20-16-6-4-3-5-15(13)16/h3-6,11-12,14,17,20H,7-10H2,1-2H3,(H,21,24)(H,22,23)/t17-/m0/s1. The zero-order valence-electron chi connectivity index (χ0n) is 14.3. The van der Waals surface area contributed by atoms with Gasteiger partial charge in [-0.05, 0) is 30.4 Å². The van der Waals surface area contributed by atoms with E-state index in [-0.39, 0.29) is 23.8 Å². The largest absolute Gasteiger partial charge is 0.361 e. The Bertz CT molecular complexity index is 731. The van der Waals surface area contributed by atoms with Crippen molar-refractivity contribution in [3.8, 4) is 0 Å². The quantitative estimate of drug-likeness (QED) is 0.731. The number of aromatic nitrogens is 1. The van der Waals surface area contributed by atoms with E-state index in [1.807, 2.05) is 44.3 Å². The van der Waals surface area contributed by atoms with E-state index in [0.717, 1.165) is 29.3 Å². The van der Waals surface area contributed by atoms with Crippen LogP contribution in [0.15, 0.2) is 30.5 Å². The lowest BCUT2D eigenvalue weighted by molar-refractivity contribution is -0.129. The summed E-state index contributed by atoms with van der Waals surface area (Å²) >= 11 is 0. The zero-order valence-corrected chi connectivity index (χ0v) is 14.3. The Balaban J connectivity index is 1.75. The first-order valence-electron chi connectivity index (χ1n) is 8.67. The zero-order chi connectivity index (χ0) is 17.1. The fourth-order valence-corrected chi connectivity index (χ4v) is 2.88. The van der Waals surface area contributed by atoms with Crippen molar-refractivity contribution in [1.29, 1.82) is 0 Å². The van der Waals surface area contributed by atoms with E-state index in [1.165, 1.54) is 0 Å². The summed E-state index contributed by atoms with van der Waals surface area (Å²) in [5.74, 6) is 0.117. The fraction of sp³-hybridized carbons (Fsp3) is 0.474. The van der Waals surface area contributed by atoms with E-state index in [0.29, 0.717) is 12.8 Å². The maximum atomic E-state index is 12.5. The second kappa shape index (κ2) is 7.07. The molecular formula is C19H25N3O2. The number of rotatable bonds is 7. The number of amides is 2. The molecule has 2 amide bonds. The van der Waals surface area contributed by atoms with Gasteiger partial charge in [-0.15, -0.1) is 0 Å². The predicted octanol–water partition coefficient (Wildman–Crippen LogP) is 2.52. The van der Waals surface area contributed by atoms with Crippen LogP contribution in [0.5, 0.6) is 0 Å². The highest BCUT2D eigenvalue weighted by Crippen LogP contribution is 2.21. The molecule has 2 aromatic rings. The molecule has 1 heterocycles. The number of hydrogen-bond donors (Lipinski definition) is 3. The molecule has 0 saturated heterocycles. The summed E-state index contributed by atoms with van der Waals surface area (Å²) < 4.78 is 0. The molecule has 0 radical (unpaired) electrons. The van der Waals surface area contributed by atoms with Crippen molar-refractivity contribution >= 4 is 22.7 Å². The molecule has 5 heteroatoms. The van der Waals surface area contributed by atoms with Crippen molar-refractivity contribution in [3.63, 3.8) is 0 Å². The molecular weight excluding hydrogens is 302 g/mol. The Morgan fingerprint density at radius 1 is 1.25 bits per heavy atom. The summed E-state index contributed by atoms with van der Waals surface area (Å²) in [6.45, 7) is 4.00. The molecule has 0 spiro atoms. The number of benzene rings is 1. The van der Waals surface area contributed by atoms with Crippen molar-refractivity contribution in [2.45, 2.75) is 51.6 Å². The van der Waals surface area contributed by atoms with E-state index in [4.69, 9.17) is 0 Å². The van der Waals surface area contributed by atoms with Crippen molar-refractivity contribution < 1.29 is 9.59 Å². The lowest BCUT2D eigenvalue weighted by atomic mass is 10.0. The van der Waals surface area contributed by atoms with Crippen molar-refractivity contribution in [1.82, 2.24) is 15.6 Å². The molecule has 1 aliphatic rings. The molecule has 5 nitrogen and oxygen atoms in total. The molecule has 1 atom stereocenters. The van der Waals surface area contributed by atoms with Crippen molar-refractivity contribution in [2.75, 3.05) is 0 Å². The summed E-state index contributed by atoms with van der Waals surface area (Å²) in [6, 6.07) is 7.75. The van der Waals surface area contributed by atoms with Crippen LogP contribution in [0, 0.1) is 5.92 Å². The van der Waals surface area contributed by atoms with Gasteiger partial charge in [0.2, 0.25) is 11.8 Å². The molecule has 1 saturated carbocycles. The Morgan fingerprint density at radius 3 is 2.71 bits per heavy atom. The first-order valence-corrected chi connectivity index (χ1v) is 8.67. The maximum absolute atomic E-state index is 12.5. The fourth-order valence-electron chi connectivity index (χ4n) is 2.88. The second-order valence-electron chi connectivity index (χ2n) is 7.06. The molecule has 0 aliphatic heterocycles. The maximum Gasteiger partial charge on any atom is 0.243 e. The molecule has 3 rings (SSSR count).